The van der Waals surface area contributed by atoms with Gasteiger partial charge >= 0.3 is 5.97 Å². The molecule has 2 atom stereocenters. The molecular weight excluding hydrogens is 272 g/mol. The Labute approximate surface area is 137 Å². The molecule has 0 bridgehead atoms. The van der Waals surface area contributed by atoms with E-state index in [1.165, 1.54) is 51.4 Å². The fourth-order valence-electron chi connectivity index (χ4n) is 4.64. The molecule has 2 saturated carbocycles. The van der Waals surface area contributed by atoms with Gasteiger partial charge in [-0.1, -0.05) is 46.0 Å². The van der Waals surface area contributed by atoms with E-state index in [2.05, 4.69) is 13.8 Å². The smallest absolute Gasteiger partial charge is 0.306 e. The molecule has 0 N–H and O–H groups in total. The van der Waals surface area contributed by atoms with Gasteiger partial charge in [-0.3, -0.25) is 4.79 Å². The summed E-state index contributed by atoms with van der Waals surface area (Å²) in [5.41, 5.74) is 0. The van der Waals surface area contributed by atoms with E-state index < -0.39 is 0 Å². The van der Waals surface area contributed by atoms with Crippen molar-refractivity contribution < 1.29 is 9.53 Å². The van der Waals surface area contributed by atoms with Crippen LogP contribution in [0.25, 0.3) is 0 Å². The van der Waals surface area contributed by atoms with E-state index in [0.29, 0.717) is 6.42 Å². The average Bonchev–Trinajstić information content (AvgIpc) is 2.54. The molecule has 2 nitrogen and oxygen atoms in total. The lowest BCUT2D eigenvalue weighted by atomic mass is 9.70. The Morgan fingerprint density at radius 2 is 1.73 bits per heavy atom. The van der Waals surface area contributed by atoms with Gasteiger partial charge in [0.1, 0.15) is 6.10 Å². The minimum absolute atomic E-state index is 0.0409. The Morgan fingerprint density at radius 3 is 2.41 bits per heavy atom. The summed E-state index contributed by atoms with van der Waals surface area (Å²) in [6.07, 6.45) is 16.2. The van der Waals surface area contributed by atoms with Crippen molar-refractivity contribution in [3.63, 3.8) is 0 Å². The van der Waals surface area contributed by atoms with Gasteiger partial charge in [0.25, 0.3) is 0 Å². The topological polar surface area (TPSA) is 26.3 Å². The Hall–Kier alpha value is -0.530. The van der Waals surface area contributed by atoms with Crippen molar-refractivity contribution in [2.75, 3.05) is 0 Å². The van der Waals surface area contributed by atoms with Crippen molar-refractivity contribution in [1.82, 2.24) is 0 Å². The van der Waals surface area contributed by atoms with Crippen molar-refractivity contribution in [1.29, 1.82) is 0 Å². The lowest BCUT2D eigenvalue weighted by Crippen LogP contribution is -2.31. The SMILES string of the molecule is CCCCC(=O)OC1CCCC(C2CCC(CCC)CC2)C1. The third kappa shape index (κ3) is 5.59. The van der Waals surface area contributed by atoms with E-state index in [1.54, 1.807) is 0 Å². The van der Waals surface area contributed by atoms with Gasteiger partial charge in [-0.2, -0.15) is 0 Å². The van der Waals surface area contributed by atoms with Crippen molar-refractivity contribution in [2.45, 2.75) is 103 Å². The number of unbranched alkanes of at least 4 members (excludes halogenated alkanes) is 1. The Balaban J connectivity index is 1.73. The maximum atomic E-state index is 11.8. The second-order valence-electron chi connectivity index (χ2n) is 7.71. The summed E-state index contributed by atoms with van der Waals surface area (Å²) in [7, 11) is 0. The van der Waals surface area contributed by atoms with Gasteiger partial charge in [0.15, 0.2) is 0 Å². The zero-order valence-electron chi connectivity index (χ0n) is 14.8. The first-order valence-corrected chi connectivity index (χ1v) is 9.92. The van der Waals surface area contributed by atoms with Crippen LogP contribution < -0.4 is 0 Å². The predicted octanol–water partition coefficient (Wildman–Crippen LogP) is 5.89. The highest BCUT2D eigenvalue weighted by atomic mass is 16.5. The molecule has 22 heavy (non-hydrogen) atoms. The van der Waals surface area contributed by atoms with Gasteiger partial charge in [0, 0.05) is 6.42 Å². The zero-order valence-corrected chi connectivity index (χ0v) is 14.8. The van der Waals surface area contributed by atoms with Gasteiger partial charge in [-0.05, 0) is 62.7 Å². The van der Waals surface area contributed by atoms with E-state index in [4.69, 9.17) is 4.74 Å². The summed E-state index contributed by atoms with van der Waals surface area (Å²) in [5, 5.41) is 0. The maximum absolute atomic E-state index is 11.8. The Kier molecular flexibility index (Phi) is 7.75. The second kappa shape index (κ2) is 9.57. The molecule has 2 rings (SSSR count). The number of rotatable bonds is 7. The van der Waals surface area contributed by atoms with E-state index in [1.807, 2.05) is 0 Å². The third-order valence-corrected chi connectivity index (χ3v) is 5.95. The number of carbonyl (C=O) groups is 1. The maximum Gasteiger partial charge on any atom is 0.306 e. The molecule has 2 aliphatic rings. The van der Waals surface area contributed by atoms with Crippen LogP contribution in [0.15, 0.2) is 0 Å². The lowest BCUT2D eigenvalue weighted by molar-refractivity contribution is -0.151. The summed E-state index contributed by atoms with van der Waals surface area (Å²) in [5.74, 6) is 2.76. The van der Waals surface area contributed by atoms with Crippen LogP contribution in [0, 0.1) is 17.8 Å². The standard InChI is InChI=1S/C20H36O2/c1-3-5-10-20(21)22-19-9-6-8-18(15-19)17-13-11-16(7-4-2)12-14-17/h16-19H,3-15H2,1-2H3. The van der Waals surface area contributed by atoms with Gasteiger partial charge in [-0.25, -0.2) is 0 Å². The van der Waals surface area contributed by atoms with Crippen LogP contribution in [0.5, 0.6) is 0 Å². The van der Waals surface area contributed by atoms with E-state index in [0.717, 1.165) is 43.4 Å². The highest BCUT2D eigenvalue weighted by Crippen LogP contribution is 2.41. The van der Waals surface area contributed by atoms with Gasteiger partial charge in [0.2, 0.25) is 0 Å². The summed E-state index contributed by atoms with van der Waals surface area (Å²) in [4.78, 5) is 11.8. The van der Waals surface area contributed by atoms with Gasteiger partial charge < -0.3 is 4.74 Å². The van der Waals surface area contributed by atoms with Crippen LogP contribution in [0.2, 0.25) is 0 Å². The van der Waals surface area contributed by atoms with Crippen molar-refractivity contribution in [3.8, 4) is 0 Å². The van der Waals surface area contributed by atoms with Crippen LogP contribution in [0.1, 0.15) is 97.3 Å². The predicted molar refractivity (Wildman–Crippen MR) is 91.7 cm³/mol. The van der Waals surface area contributed by atoms with Crippen LogP contribution in [-0.4, -0.2) is 12.1 Å². The second-order valence-corrected chi connectivity index (χ2v) is 7.71. The molecule has 2 fully saturated rings. The van der Waals surface area contributed by atoms with Crippen molar-refractivity contribution in [2.24, 2.45) is 17.8 Å². The van der Waals surface area contributed by atoms with Crippen molar-refractivity contribution >= 4 is 5.97 Å². The summed E-state index contributed by atoms with van der Waals surface area (Å²) < 4.78 is 5.74. The minimum Gasteiger partial charge on any atom is -0.462 e. The molecule has 0 amide bonds. The molecule has 0 aromatic carbocycles. The average molecular weight is 309 g/mol. The number of carbonyl (C=O) groups excluding carboxylic acids is 1. The first kappa shape index (κ1) is 17.8. The highest BCUT2D eigenvalue weighted by Gasteiger charge is 2.32. The minimum atomic E-state index is 0.0409. The Morgan fingerprint density at radius 1 is 0.955 bits per heavy atom. The first-order chi connectivity index (χ1) is 10.7. The van der Waals surface area contributed by atoms with Crippen LogP contribution in [0.4, 0.5) is 0 Å². The molecule has 0 aliphatic heterocycles. The van der Waals surface area contributed by atoms with Gasteiger partial charge in [0.05, 0.1) is 0 Å². The third-order valence-electron chi connectivity index (χ3n) is 5.95. The fourth-order valence-corrected chi connectivity index (χ4v) is 4.64. The number of ether oxygens (including phenoxy) is 1. The first-order valence-electron chi connectivity index (χ1n) is 9.92. The molecule has 0 aromatic heterocycles. The van der Waals surface area contributed by atoms with E-state index in [-0.39, 0.29) is 12.1 Å². The highest BCUT2D eigenvalue weighted by molar-refractivity contribution is 5.69. The largest absolute Gasteiger partial charge is 0.462 e. The van der Waals surface area contributed by atoms with Gasteiger partial charge in [-0.15, -0.1) is 0 Å². The Bertz CT molecular complexity index is 318. The van der Waals surface area contributed by atoms with Crippen LogP contribution >= 0.6 is 0 Å². The zero-order chi connectivity index (χ0) is 15.8. The summed E-state index contributed by atoms with van der Waals surface area (Å²) in [6, 6.07) is 0. The molecule has 0 spiro atoms. The normalized spacial score (nSPS) is 32.6. The molecular formula is C20H36O2. The van der Waals surface area contributed by atoms with Crippen LogP contribution in [0.3, 0.4) is 0 Å². The molecule has 2 unspecified atom stereocenters. The van der Waals surface area contributed by atoms with E-state index in [9.17, 15) is 4.79 Å². The fraction of sp³-hybridized carbons (Fsp3) is 0.950. The molecule has 128 valence electrons. The van der Waals surface area contributed by atoms with Crippen LogP contribution in [-0.2, 0) is 9.53 Å². The summed E-state index contributed by atoms with van der Waals surface area (Å²) in [6.45, 7) is 4.43. The van der Waals surface area contributed by atoms with E-state index >= 15 is 0 Å². The number of hydrogen-bond donors (Lipinski definition) is 0. The molecule has 0 aromatic rings. The number of hydrogen-bond acceptors (Lipinski definition) is 2. The molecule has 0 radical (unpaired) electrons. The lowest BCUT2D eigenvalue weighted by Gasteiger charge is -2.38. The van der Waals surface area contributed by atoms with Crippen molar-refractivity contribution in [3.05, 3.63) is 0 Å². The molecule has 2 heteroatoms. The number of esters is 1. The summed E-state index contributed by atoms with van der Waals surface area (Å²) >= 11 is 0. The quantitative estimate of drug-likeness (QED) is 0.548. The monoisotopic (exact) mass is 308 g/mol. The molecule has 0 saturated heterocycles. The molecule has 2 aliphatic carbocycles. The molecule has 0 heterocycles.